The predicted octanol–water partition coefficient (Wildman–Crippen LogP) is 3.30. The molecule has 0 saturated carbocycles. The first-order chi connectivity index (χ1) is 13.3. The van der Waals surface area contributed by atoms with Crippen LogP contribution in [-0.4, -0.2) is 17.7 Å². The van der Waals surface area contributed by atoms with Crippen LogP contribution in [0.4, 0.5) is 0 Å². The third kappa shape index (κ3) is 17.7. The highest BCUT2D eigenvalue weighted by molar-refractivity contribution is 5.94. The van der Waals surface area contributed by atoms with E-state index < -0.39 is 0 Å². The predicted molar refractivity (Wildman–Crippen MR) is 113 cm³/mol. The standard InChI is InChI=1S/C8H8NO.C7H7.C4H8NO.C3H6NO/c1-9-8(10)7-5-3-2-4-6-7;1-7-5-3-2-4-6-7;1-3-4(6)5-2;1-3(5)4-2/h2-6H,1H2,(H,9,10);2-6H,1H2;2-3H2,1H3,(H,5,6);2H2,1H3,(H,4,5). The average Bonchev–Trinajstić information content (AvgIpc) is 2.75. The Hall–Kier alpha value is -3.15. The van der Waals surface area contributed by atoms with Gasteiger partial charge in [-0.05, 0) is 24.6 Å². The van der Waals surface area contributed by atoms with Gasteiger partial charge >= 0.3 is 0 Å². The molecule has 2 aromatic carbocycles. The van der Waals surface area contributed by atoms with Gasteiger partial charge in [0.15, 0.2) is 0 Å². The Kier molecular flexibility index (Phi) is 18.0. The van der Waals surface area contributed by atoms with Crippen LogP contribution in [0, 0.1) is 28.1 Å². The highest BCUT2D eigenvalue weighted by atomic mass is 16.2. The first-order valence-corrected chi connectivity index (χ1v) is 8.41. The fourth-order valence-electron chi connectivity index (χ4n) is 1.29. The molecule has 4 radical (unpaired) electrons. The molecule has 0 fully saturated rings. The molecule has 3 N–H and O–H groups in total. The zero-order chi connectivity index (χ0) is 21.8. The molecule has 28 heavy (non-hydrogen) atoms. The number of amides is 3. The zero-order valence-electron chi connectivity index (χ0n) is 16.5. The largest absolute Gasteiger partial charge is 0.355 e. The van der Waals surface area contributed by atoms with Crippen molar-refractivity contribution in [3.8, 4) is 0 Å². The van der Waals surface area contributed by atoms with E-state index in [-0.39, 0.29) is 17.7 Å². The lowest BCUT2D eigenvalue weighted by molar-refractivity contribution is -0.120. The van der Waals surface area contributed by atoms with Gasteiger partial charge in [0, 0.05) is 40.1 Å². The van der Waals surface area contributed by atoms with Crippen LogP contribution in [-0.2, 0) is 9.59 Å². The fraction of sp³-hybridized carbons (Fsp3) is 0.136. The molecule has 0 spiro atoms. The number of nitrogens with one attached hydrogen (secondary N) is 3. The van der Waals surface area contributed by atoms with Crippen molar-refractivity contribution in [1.82, 2.24) is 16.0 Å². The Bertz CT molecular complexity index is 653. The Morgan fingerprint density at radius 3 is 1.43 bits per heavy atom. The van der Waals surface area contributed by atoms with E-state index in [1.807, 2.05) is 48.5 Å². The smallest absolute Gasteiger partial charge is 0.251 e. The first-order valence-electron chi connectivity index (χ1n) is 8.41. The van der Waals surface area contributed by atoms with Gasteiger partial charge in [0.25, 0.3) is 5.91 Å². The highest BCUT2D eigenvalue weighted by Gasteiger charge is 1.98. The summed E-state index contributed by atoms with van der Waals surface area (Å²) in [6.45, 7) is 6.91. The van der Waals surface area contributed by atoms with Crippen LogP contribution in [0.15, 0.2) is 60.7 Å². The van der Waals surface area contributed by atoms with E-state index in [1.54, 1.807) is 19.1 Å². The summed E-state index contributed by atoms with van der Waals surface area (Å²) in [6.07, 6.45) is 0.517. The molecule has 6 nitrogen and oxygen atoms in total. The second-order valence-corrected chi connectivity index (χ2v) is 5.04. The van der Waals surface area contributed by atoms with Gasteiger partial charge in [0.05, 0.1) is 0 Å². The van der Waals surface area contributed by atoms with Gasteiger partial charge in [-0.1, -0.05) is 55.5 Å². The Balaban J connectivity index is 0. The molecule has 3 amide bonds. The van der Waals surface area contributed by atoms with Crippen LogP contribution in [0.5, 0.6) is 0 Å². The number of carbonyl (C=O) groups excluding carboxylic acids is 3. The molecule has 2 rings (SSSR count). The molecule has 0 aliphatic rings. The highest BCUT2D eigenvalue weighted by Crippen LogP contribution is 1.96. The monoisotopic (exact) mass is 383 g/mol. The average molecular weight is 383 g/mol. The van der Waals surface area contributed by atoms with Gasteiger partial charge in [-0.25, -0.2) is 0 Å². The number of hydrogen-bond donors (Lipinski definition) is 3. The summed E-state index contributed by atoms with van der Waals surface area (Å²) in [6, 6.07) is 18.8. The lowest BCUT2D eigenvalue weighted by Crippen LogP contribution is -2.14. The maximum Gasteiger partial charge on any atom is 0.251 e. The molecule has 0 heterocycles. The molecular formula is C22H29N3O3. The number of benzene rings is 2. The third-order valence-electron chi connectivity index (χ3n) is 2.81. The molecule has 0 aliphatic carbocycles. The minimum Gasteiger partial charge on any atom is -0.355 e. The lowest BCUT2D eigenvalue weighted by atomic mass is 10.2. The summed E-state index contributed by atoms with van der Waals surface area (Å²) >= 11 is 0. The number of carbonyl (C=O) groups is 3. The second kappa shape index (κ2) is 18.6. The molecule has 6 heteroatoms. The van der Waals surface area contributed by atoms with Crippen molar-refractivity contribution in [2.75, 3.05) is 0 Å². The summed E-state index contributed by atoms with van der Waals surface area (Å²) in [7, 11) is 9.50. The molecule has 0 saturated heterocycles. The van der Waals surface area contributed by atoms with E-state index in [0.717, 1.165) is 5.56 Å². The van der Waals surface area contributed by atoms with Crippen LogP contribution in [0.25, 0.3) is 0 Å². The normalized spacial score (nSPS) is 8.21. The molecule has 0 unspecified atom stereocenters. The minimum atomic E-state index is -0.152. The maximum absolute atomic E-state index is 10.8. The van der Waals surface area contributed by atoms with Crippen molar-refractivity contribution in [3.05, 3.63) is 99.9 Å². The molecule has 0 aliphatic heterocycles. The topological polar surface area (TPSA) is 87.3 Å². The Morgan fingerprint density at radius 2 is 1.21 bits per heavy atom. The van der Waals surface area contributed by atoms with Gasteiger partial charge in [-0.3, -0.25) is 14.4 Å². The summed E-state index contributed by atoms with van der Waals surface area (Å²) in [5.74, 6) is -0.277. The van der Waals surface area contributed by atoms with Gasteiger partial charge in [0.2, 0.25) is 11.8 Å². The first kappa shape index (κ1) is 27.1. The zero-order valence-corrected chi connectivity index (χ0v) is 16.5. The minimum absolute atomic E-state index is 0.0185. The van der Waals surface area contributed by atoms with E-state index in [1.165, 1.54) is 6.92 Å². The quantitative estimate of drug-likeness (QED) is 0.744. The van der Waals surface area contributed by atoms with Crippen LogP contribution < -0.4 is 16.0 Å². The van der Waals surface area contributed by atoms with E-state index in [9.17, 15) is 14.4 Å². The van der Waals surface area contributed by atoms with Crippen LogP contribution in [0.3, 0.4) is 0 Å². The molecule has 0 bridgehead atoms. The van der Waals surface area contributed by atoms with E-state index in [4.69, 9.17) is 0 Å². The molecule has 2 aromatic rings. The van der Waals surface area contributed by atoms with Crippen molar-refractivity contribution < 1.29 is 14.4 Å². The third-order valence-corrected chi connectivity index (χ3v) is 2.81. The second-order valence-electron chi connectivity index (χ2n) is 5.04. The van der Waals surface area contributed by atoms with Crippen LogP contribution in [0.1, 0.15) is 36.2 Å². The Morgan fingerprint density at radius 1 is 0.786 bits per heavy atom. The van der Waals surface area contributed by atoms with Gasteiger partial charge < -0.3 is 16.0 Å². The van der Waals surface area contributed by atoms with Gasteiger partial charge in [-0.2, -0.15) is 0 Å². The van der Waals surface area contributed by atoms with Crippen molar-refractivity contribution in [2.45, 2.75) is 20.3 Å². The van der Waals surface area contributed by atoms with Crippen LogP contribution in [0.2, 0.25) is 0 Å². The summed E-state index contributed by atoms with van der Waals surface area (Å²) in [5, 5.41) is 6.66. The van der Waals surface area contributed by atoms with E-state index in [2.05, 4.69) is 44.0 Å². The molecule has 0 atom stereocenters. The number of hydrogen-bond acceptors (Lipinski definition) is 3. The van der Waals surface area contributed by atoms with Crippen LogP contribution >= 0.6 is 0 Å². The summed E-state index contributed by atoms with van der Waals surface area (Å²) < 4.78 is 0. The molecule has 150 valence electrons. The molecule has 0 aromatic heterocycles. The van der Waals surface area contributed by atoms with E-state index in [0.29, 0.717) is 12.0 Å². The van der Waals surface area contributed by atoms with Gasteiger partial charge in [-0.15, -0.1) is 0 Å². The van der Waals surface area contributed by atoms with Crippen molar-refractivity contribution in [1.29, 1.82) is 0 Å². The van der Waals surface area contributed by atoms with Crippen molar-refractivity contribution in [2.24, 2.45) is 0 Å². The molecular weight excluding hydrogens is 354 g/mol. The lowest BCUT2D eigenvalue weighted by Gasteiger charge is -1.95. The number of rotatable bonds is 2. The van der Waals surface area contributed by atoms with Crippen molar-refractivity contribution >= 4 is 17.7 Å². The fourth-order valence-corrected chi connectivity index (χ4v) is 1.29. The maximum atomic E-state index is 10.8. The van der Waals surface area contributed by atoms with Crippen molar-refractivity contribution in [3.63, 3.8) is 0 Å². The van der Waals surface area contributed by atoms with E-state index >= 15 is 0 Å². The Labute approximate surface area is 168 Å². The summed E-state index contributed by atoms with van der Waals surface area (Å²) in [5.41, 5.74) is 1.71. The summed E-state index contributed by atoms with van der Waals surface area (Å²) in [4.78, 5) is 30.5. The SMILES string of the molecule is [CH2]NC(=O)CC.[CH2]NC(=O)c1ccccc1.[CH2]NC(C)=O.[CH2]c1ccccc1. The van der Waals surface area contributed by atoms with Gasteiger partial charge in [0.1, 0.15) is 0 Å².